The molecule has 0 aliphatic carbocycles. The van der Waals surface area contributed by atoms with Gasteiger partial charge in [0.15, 0.2) is 3.95 Å². The summed E-state index contributed by atoms with van der Waals surface area (Å²) in [4.78, 5) is 18.0. The summed E-state index contributed by atoms with van der Waals surface area (Å²) in [6.07, 6.45) is 2.00. The van der Waals surface area contributed by atoms with Gasteiger partial charge in [0, 0.05) is 23.7 Å². The zero-order valence-corrected chi connectivity index (χ0v) is 12.3. The number of hydrogen-bond donors (Lipinski definition) is 2. The molecule has 1 saturated heterocycles. The molecule has 0 spiro atoms. The number of H-pyrrole nitrogens is 1. The summed E-state index contributed by atoms with van der Waals surface area (Å²) in [5, 5.41) is 10.0. The van der Waals surface area contributed by atoms with Gasteiger partial charge in [-0.15, -0.1) is 11.3 Å². The van der Waals surface area contributed by atoms with Crippen LogP contribution in [0.15, 0.2) is 0 Å². The largest absolute Gasteiger partial charge is 0.388 e. The summed E-state index contributed by atoms with van der Waals surface area (Å²) in [5.74, 6) is 0.0725. The molecule has 0 radical (unpaired) electrons. The Balaban J connectivity index is 2.04. The molecule has 1 atom stereocenters. The lowest BCUT2D eigenvalue weighted by Gasteiger charge is -2.36. The molecule has 4 nitrogen and oxygen atoms in total. The van der Waals surface area contributed by atoms with Crippen LogP contribution in [0.1, 0.15) is 30.3 Å². The quantitative estimate of drug-likeness (QED) is 0.818. The molecule has 0 bridgehead atoms. The highest BCUT2D eigenvalue weighted by molar-refractivity contribution is 7.73. The van der Waals surface area contributed by atoms with E-state index in [1.165, 1.54) is 11.3 Å². The lowest BCUT2D eigenvalue weighted by Crippen LogP contribution is -2.49. The first kappa shape index (κ1) is 13.7. The Morgan fingerprint density at radius 3 is 2.94 bits per heavy atom. The van der Waals surface area contributed by atoms with Crippen molar-refractivity contribution in [2.75, 3.05) is 13.1 Å². The summed E-state index contributed by atoms with van der Waals surface area (Å²) in [5.41, 5.74) is 0.232. The number of nitrogens with zero attached hydrogens (tertiary/aromatic N) is 1. The third-order valence-corrected chi connectivity index (χ3v) is 4.60. The third kappa shape index (κ3) is 3.18. The van der Waals surface area contributed by atoms with Crippen molar-refractivity contribution in [3.05, 3.63) is 14.5 Å². The molecular formula is C12H18N2O2S2. The Labute approximate surface area is 116 Å². The maximum Gasteiger partial charge on any atom is 0.227 e. The van der Waals surface area contributed by atoms with Crippen molar-refractivity contribution in [3.63, 3.8) is 0 Å². The highest BCUT2D eigenvalue weighted by Crippen LogP contribution is 2.22. The Morgan fingerprint density at radius 1 is 1.67 bits per heavy atom. The van der Waals surface area contributed by atoms with Crippen LogP contribution in [0.2, 0.25) is 0 Å². The summed E-state index contributed by atoms with van der Waals surface area (Å²) in [7, 11) is 0. The molecule has 2 N–H and O–H groups in total. The smallest absolute Gasteiger partial charge is 0.227 e. The Hall–Kier alpha value is -0.720. The van der Waals surface area contributed by atoms with Crippen LogP contribution in [-0.4, -0.2) is 39.6 Å². The molecule has 1 aromatic heterocycles. The number of aromatic nitrogens is 1. The van der Waals surface area contributed by atoms with Crippen LogP contribution in [0, 0.1) is 10.9 Å². The van der Waals surface area contributed by atoms with Gasteiger partial charge in [-0.2, -0.15) is 0 Å². The molecule has 1 amide bonds. The minimum absolute atomic E-state index is 0.0725. The first-order valence-electron chi connectivity index (χ1n) is 6.06. The highest BCUT2D eigenvalue weighted by atomic mass is 32.1. The molecule has 18 heavy (non-hydrogen) atoms. The monoisotopic (exact) mass is 286 g/mol. The van der Waals surface area contributed by atoms with Crippen molar-refractivity contribution in [3.8, 4) is 0 Å². The number of aryl methyl sites for hydroxylation is 1. The predicted octanol–water partition coefficient (Wildman–Crippen LogP) is 2.03. The van der Waals surface area contributed by atoms with E-state index in [0.29, 0.717) is 16.9 Å². The van der Waals surface area contributed by atoms with Crippen LogP contribution < -0.4 is 0 Å². The first-order chi connectivity index (χ1) is 8.37. The van der Waals surface area contributed by atoms with Crippen LogP contribution in [-0.2, 0) is 11.2 Å². The number of aliphatic hydroxyl groups is 1. The van der Waals surface area contributed by atoms with E-state index in [4.69, 9.17) is 12.2 Å². The van der Waals surface area contributed by atoms with E-state index in [2.05, 4.69) is 4.98 Å². The number of thiazole rings is 1. The number of carbonyl (C=O) groups excluding carboxylic acids is 1. The lowest BCUT2D eigenvalue weighted by atomic mass is 9.95. The molecule has 1 fully saturated rings. The van der Waals surface area contributed by atoms with Crippen LogP contribution in [0.3, 0.4) is 0 Å². The van der Waals surface area contributed by atoms with Gasteiger partial charge in [0.1, 0.15) is 0 Å². The summed E-state index contributed by atoms with van der Waals surface area (Å²) in [6.45, 7) is 4.89. The van der Waals surface area contributed by atoms with Gasteiger partial charge < -0.3 is 15.0 Å². The van der Waals surface area contributed by atoms with E-state index in [0.717, 1.165) is 30.0 Å². The molecule has 0 unspecified atom stereocenters. The van der Waals surface area contributed by atoms with Crippen molar-refractivity contribution in [2.24, 2.45) is 0 Å². The maximum atomic E-state index is 12.2. The number of hydrogen-bond acceptors (Lipinski definition) is 4. The minimum Gasteiger partial charge on any atom is -0.388 e. The van der Waals surface area contributed by atoms with Crippen LogP contribution >= 0.6 is 23.6 Å². The van der Waals surface area contributed by atoms with Crippen LogP contribution in [0.4, 0.5) is 0 Å². The Bertz CT molecular complexity index is 504. The summed E-state index contributed by atoms with van der Waals surface area (Å²) in [6, 6.07) is 0. The fraction of sp³-hybridized carbons (Fsp3) is 0.667. The molecule has 0 aromatic carbocycles. The average Bonchev–Trinajstić information content (AvgIpc) is 2.56. The fourth-order valence-electron chi connectivity index (χ4n) is 2.29. The van der Waals surface area contributed by atoms with Gasteiger partial charge >= 0.3 is 0 Å². The second kappa shape index (κ2) is 5.11. The molecule has 1 aromatic rings. The van der Waals surface area contributed by atoms with Crippen LogP contribution in [0.25, 0.3) is 0 Å². The summed E-state index contributed by atoms with van der Waals surface area (Å²) >= 11 is 6.52. The highest BCUT2D eigenvalue weighted by Gasteiger charge is 2.31. The van der Waals surface area contributed by atoms with Gasteiger partial charge in [-0.05, 0) is 38.9 Å². The topological polar surface area (TPSA) is 56.3 Å². The van der Waals surface area contributed by atoms with E-state index in [1.54, 1.807) is 11.8 Å². The fourth-order valence-corrected chi connectivity index (χ4v) is 3.57. The molecule has 0 saturated carbocycles. The molecule has 1 aliphatic heterocycles. The van der Waals surface area contributed by atoms with Crippen LogP contribution in [0.5, 0.6) is 0 Å². The number of piperidine rings is 1. The van der Waals surface area contributed by atoms with E-state index in [9.17, 15) is 9.90 Å². The van der Waals surface area contributed by atoms with E-state index in [1.807, 2.05) is 6.92 Å². The molecule has 2 rings (SSSR count). The van der Waals surface area contributed by atoms with Gasteiger partial charge in [-0.3, -0.25) is 4.79 Å². The molecule has 2 heterocycles. The normalized spacial score (nSPS) is 24.3. The third-order valence-electron chi connectivity index (χ3n) is 3.26. The number of carbonyl (C=O) groups is 1. The number of amides is 1. The van der Waals surface area contributed by atoms with Gasteiger partial charge in [-0.25, -0.2) is 0 Å². The second-order valence-electron chi connectivity index (χ2n) is 5.16. The number of likely N-dealkylation sites (tertiary alicyclic amines) is 1. The number of β-amino-alcohol motifs (C(OH)–C–C–N with tert-alkyl or cyclic N) is 1. The second-order valence-corrected chi connectivity index (χ2v) is 6.93. The lowest BCUT2D eigenvalue weighted by molar-refractivity contribution is -0.136. The summed E-state index contributed by atoms with van der Waals surface area (Å²) < 4.78 is 0.709. The minimum atomic E-state index is -0.742. The van der Waals surface area contributed by atoms with Crippen molar-refractivity contribution in [2.45, 2.75) is 38.7 Å². The molecule has 6 heteroatoms. The molecule has 100 valence electrons. The Kier molecular flexibility index (Phi) is 3.89. The predicted molar refractivity (Wildman–Crippen MR) is 74.4 cm³/mol. The van der Waals surface area contributed by atoms with Gasteiger partial charge in [0.2, 0.25) is 5.91 Å². The van der Waals surface area contributed by atoms with E-state index < -0.39 is 5.60 Å². The van der Waals surface area contributed by atoms with Crippen molar-refractivity contribution in [1.29, 1.82) is 0 Å². The SMILES string of the molecule is Cc1[nH]c(=S)sc1CC(=O)N1CCC[C@](C)(O)C1. The zero-order chi connectivity index (χ0) is 13.3. The van der Waals surface area contributed by atoms with Crippen molar-refractivity contribution < 1.29 is 9.90 Å². The average molecular weight is 286 g/mol. The molecule has 1 aliphatic rings. The number of nitrogens with one attached hydrogen (secondary N) is 1. The van der Waals surface area contributed by atoms with E-state index >= 15 is 0 Å². The molecular weight excluding hydrogens is 268 g/mol. The number of aromatic amines is 1. The zero-order valence-electron chi connectivity index (χ0n) is 10.7. The van der Waals surface area contributed by atoms with E-state index in [-0.39, 0.29) is 5.91 Å². The van der Waals surface area contributed by atoms with Gasteiger partial charge in [-0.1, -0.05) is 0 Å². The first-order valence-corrected chi connectivity index (χ1v) is 7.29. The maximum absolute atomic E-state index is 12.2. The number of rotatable bonds is 2. The van der Waals surface area contributed by atoms with Crippen molar-refractivity contribution >= 4 is 29.5 Å². The van der Waals surface area contributed by atoms with Crippen molar-refractivity contribution in [1.82, 2.24) is 9.88 Å². The standard InChI is InChI=1S/C12H18N2O2S2/c1-8-9(18-11(17)13-8)6-10(15)14-5-3-4-12(2,16)7-14/h16H,3-7H2,1-2H3,(H,13,17)/t12-/m0/s1. The van der Waals surface area contributed by atoms with Gasteiger partial charge in [0.25, 0.3) is 0 Å². The Morgan fingerprint density at radius 2 is 2.39 bits per heavy atom. The van der Waals surface area contributed by atoms with Gasteiger partial charge in [0.05, 0.1) is 12.0 Å².